The number of aryl methyl sites for hydroxylation is 1. The standard InChI is InChI=1S/C15H13F3N2S/c1-9-6-7-10(14(19)21)13(8-9)20-12-5-3-2-4-11(12)15(16,17)18/h2-8,20H,1H3,(H2,19,21). The normalized spacial score (nSPS) is 11.2. The monoisotopic (exact) mass is 310 g/mol. The fourth-order valence-electron chi connectivity index (χ4n) is 1.96. The smallest absolute Gasteiger partial charge is 0.389 e. The summed E-state index contributed by atoms with van der Waals surface area (Å²) < 4.78 is 39.0. The molecule has 6 heteroatoms. The van der Waals surface area contributed by atoms with Crippen molar-refractivity contribution in [3.8, 4) is 0 Å². The quantitative estimate of drug-likeness (QED) is 0.826. The molecule has 0 atom stereocenters. The van der Waals surface area contributed by atoms with Gasteiger partial charge in [0.1, 0.15) is 4.99 Å². The van der Waals surface area contributed by atoms with Gasteiger partial charge in [0, 0.05) is 11.3 Å². The summed E-state index contributed by atoms with van der Waals surface area (Å²) in [5.74, 6) is 0. The van der Waals surface area contributed by atoms with Crippen molar-refractivity contribution in [2.45, 2.75) is 13.1 Å². The SMILES string of the molecule is Cc1ccc(C(N)=S)c(Nc2ccccc2C(F)(F)F)c1. The number of hydrogen-bond donors (Lipinski definition) is 2. The highest BCUT2D eigenvalue weighted by Crippen LogP contribution is 2.36. The van der Waals surface area contributed by atoms with Crippen molar-refractivity contribution in [1.29, 1.82) is 0 Å². The number of thiocarbonyl (C=S) groups is 1. The van der Waals surface area contributed by atoms with E-state index in [0.29, 0.717) is 11.3 Å². The van der Waals surface area contributed by atoms with Crippen molar-refractivity contribution in [3.05, 3.63) is 59.2 Å². The lowest BCUT2D eigenvalue weighted by molar-refractivity contribution is -0.136. The average Bonchev–Trinajstić information content (AvgIpc) is 2.37. The summed E-state index contributed by atoms with van der Waals surface area (Å²) in [4.78, 5) is 0.127. The van der Waals surface area contributed by atoms with E-state index in [0.717, 1.165) is 11.6 Å². The molecule has 0 saturated carbocycles. The second-order valence-electron chi connectivity index (χ2n) is 4.58. The number of nitrogens with one attached hydrogen (secondary N) is 1. The predicted molar refractivity (Wildman–Crippen MR) is 81.8 cm³/mol. The largest absolute Gasteiger partial charge is 0.418 e. The van der Waals surface area contributed by atoms with Gasteiger partial charge in [0.15, 0.2) is 0 Å². The lowest BCUT2D eigenvalue weighted by Crippen LogP contribution is -2.13. The molecular formula is C15H13F3N2S. The third kappa shape index (κ3) is 3.52. The Morgan fingerprint density at radius 2 is 1.76 bits per heavy atom. The zero-order valence-electron chi connectivity index (χ0n) is 11.2. The van der Waals surface area contributed by atoms with Gasteiger partial charge in [-0.25, -0.2) is 0 Å². The lowest BCUT2D eigenvalue weighted by atomic mass is 10.1. The van der Waals surface area contributed by atoms with Crippen LogP contribution in [-0.4, -0.2) is 4.99 Å². The predicted octanol–water partition coefficient (Wildman–Crippen LogP) is 4.39. The molecule has 0 saturated heterocycles. The topological polar surface area (TPSA) is 38.0 Å². The fourth-order valence-corrected chi connectivity index (χ4v) is 2.14. The summed E-state index contributed by atoms with van der Waals surface area (Å²) in [6.07, 6.45) is -4.43. The zero-order chi connectivity index (χ0) is 15.6. The van der Waals surface area contributed by atoms with Crippen LogP contribution in [-0.2, 0) is 6.18 Å². The van der Waals surface area contributed by atoms with Gasteiger partial charge in [0.25, 0.3) is 0 Å². The maximum atomic E-state index is 13.0. The van der Waals surface area contributed by atoms with Gasteiger partial charge in [-0.2, -0.15) is 13.2 Å². The van der Waals surface area contributed by atoms with E-state index in [9.17, 15) is 13.2 Å². The highest BCUT2D eigenvalue weighted by molar-refractivity contribution is 7.80. The van der Waals surface area contributed by atoms with Crippen molar-refractivity contribution in [2.24, 2.45) is 5.73 Å². The highest BCUT2D eigenvalue weighted by Gasteiger charge is 2.33. The van der Waals surface area contributed by atoms with Crippen LogP contribution in [0.4, 0.5) is 24.5 Å². The van der Waals surface area contributed by atoms with Gasteiger partial charge in [0.05, 0.1) is 11.3 Å². The zero-order valence-corrected chi connectivity index (χ0v) is 12.0. The van der Waals surface area contributed by atoms with E-state index in [-0.39, 0.29) is 10.7 Å². The van der Waals surface area contributed by atoms with E-state index in [1.165, 1.54) is 18.2 Å². The Hall–Kier alpha value is -2.08. The Labute approximate surface area is 125 Å². The van der Waals surface area contributed by atoms with E-state index in [2.05, 4.69) is 5.32 Å². The van der Waals surface area contributed by atoms with Crippen LogP contribution in [0, 0.1) is 6.92 Å². The van der Waals surface area contributed by atoms with Crippen molar-refractivity contribution in [2.75, 3.05) is 5.32 Å². The van der Waals surface area contributed by atoms with Crippen molar-refractivity contribution < 1.29 is 13.2 Å². The first kappa shape index (κ1) is 15.3. The van der Waals surface area contributed by atoms with Crippen molar-refractivity contribution >= 4 is 28.6 Å². The summed E-state index contributed by atoms with van der Waals surface area (Å²) in [5, 5.41) is 2.78. The summed E-state index contributed by atoms with van der Waals surface area (Å²) in [7, 11) is 0. The van der Waals surface area contributed by atoms with Gasteiger partial charge in [-0.15, -0.1) is 0 Å². The van der Waals surface area contributed by atoms with Crippen LogP contribution in [0.15, 0.2) is 42.5 Å². The minimum absolute atomic E-state index is 0.0342. The molecule has 0 aliphatic rings. The van der Waals surface area contributed by atoms with Gasteiger partial charge >= 0.3 is 6.18 Å². The molecule has 0 amide bonds. The number of hydrogen-bond acceptors (Lipinski definition) is 2. The minimum atomic E-state index is -4.43. The molecule has 0 heterocycles. The molecule has 2 nitrogen and oxygen atoms in total. The number of alkyl halides is 3. The Morgan fingerprint density at radius 3 is 2.38 bits per heavy atom. The molecule has 0 unspecified atom stereocenters. The Balaban J connectivity index is 2.49. The molecule has 21 heavy (non-hydrogen) atoms. The Morgan fingerprint density at radius 1 is 1.10 bits per heavy atom. The summed E-state index contributed by atoms with van der Waals surface area (Å²) in [6.45, 7) is 1.84. The van der Waals surface area contributed by atoms with Crippen LogP contribution in [0.1, 0.15) is 16.7 Å². The maximum Gasteiger partial charge on any atom is 0.418 e. The van der Waals surface area contributed by atoms with E-state index in [1.807, 2.05) is 6.92 Å². The molecule has 2 rings (SSSR count). The van der Waals surface area contributed by atoms with E-state index in [4.69, 9.17) is 18.0 Å². The van der Waals surface area contributed by atoms with Crippen LogP contribution in [0.3, 0.4) is 0 Å². The van der Waals surface area contributed by atoms with Crippen molar-refractivity contribution in [3.63, 3.8) is 0 Å². The van der Waals surface area contributed by atoms with Gasteiger partial charge in [-0.3, -0.25) is 0 Å². The average molecular weight is 310 g/mol. The van der Waals surface area contributed by atoms with Gasteiger partial charge < -0.3 is 11.1 Å². The first-order chi connectivity index (χ1) is 9.79. The molecule has 0 fully saturated rings. The van der Waals surface area contributed by atoms with Gasteiger partial charge in [0.2, 0.25) is 0 Å². The lowest BCUT2D eigenvalue weighted by Gasteiger charge is -2.16. The number of nitrogens with two attached hydrogens (primary N) is 1. The van der Waals surface area contributed by atoms with Crippen molar-refractivity contribution in [1.82, 2.24) is 0 Å². The molecule has 2 aromatic carbocycles. The van der Waals surface area contributed by atoms with Crippen LogP contribution in [0.2, 0.25) is 0 Å². The third-order valence-electron chi connectivity index (χ3n) is 2.94. The summed E-state index contributed by atoms with van der Waals surface area (Å²) in [5.41, 5.74) is 6.70. The van der Waals surface area contributed by atoms with Gasteiger partial charge in [-0.1, -0.05) is 30.4 Å². The molecule has 0 aromatic heterocycles. The molecule has 0 aliphatic heterocycles. The second-order valence-corrected chi connectivity index (χ2v) is 5.02. The number of halogens is 3. The van der Waals surface area contributed by atoms with Gasteiger partial charge in [-0.05, 0) is 36.8 Å². The molecular weight excluding hydrogens is 297 g/mol. The van der Waals surface area contributed by atoms with E-state index in [1.54, 1.807) is 18.2 Å². The first-order valence-electron chi connectivity index (χ1n) is 6.13. The van der Waals surface area contributed by atoms with E-state index < -0.39 is 11.7 Å². The van der Waals surface area contributed by atoms with Crippen LogP contribution < -0.4 is 11.1 Å². The number of para-hydroxylation sites is 1. The number of anilines is 2. The maximum absolute atomic E-state index is 13.0. The van der Waals surface area contributed by atoms with E-state index >= 15 is 0 Å². The van der Waals surface area contributed by atoms with Crippen LogP contribution in [0.25, 0.3) is 0 Å². The molecule has 0 spiro atoms. The Bertz CT molecular complexity index is 681. The molecule has 0 bridgehead atoms. The Kier molecular flexibility index (Phi) is 4.18. The fraction of sp³-hybridized carbons (Fsp3) is 0.133. The number of rotatable bonds is 3. The molecule has 0 radical (unpaired) electrons. The minimum Gasteiger partial charge on any atom is -0.389 e. The molecule has 2 aromatic rings. The molecule has 110 valence electrons. The summed E-state index contributed by atoms with van der Waals surface area (Å²) >= 11 is 4.93. The van der Waals surface area contributed by atoms with Crippen LogP contribution >= 0.6 is 12.2 Å². The first-order valence-corrected chi connectivity index (χ1v) is 6.53. The van der Waals surface area contributed by atoms with Crippen LogP contribution in [0.5, 0.6) is 0 Å². The second kappa shape index (κ2) is 5.73. The molecule has 3 N–H and O–H groups in total. The highest BCUT2D eigenvalue weighted by atomic mass is 32.1. The number of benzene rings is 2. The molecule has 0 aliphatic carbocycles. The summed E-state index contributed by atoms with van der Waals surface area (Å²) in [6, 6.07) is 10.5. The third-order valence-corrected chi connectivity index (χ3v) is 3.16.